The minimum Gasteiger partial charge on any atom is -0.393 e. The minimum atomic E-state index is -0.160. The second kappa shape index (κ2) is 2.83. The Labute approximate surface area is 85.8 Å². The fraction of sp³-hybridized carbons (Fsp3) is 0.538. The quantitative estimate of drug-likeness (QED) is 0.722. The molecule has 14 heavy (non-hydrogen) atoms. The highest BCUT2D eigenvalue weighted by Crippen LogP contribution is 2.57. The molecule has 76 valence electrons. The molecule has 0 saturated heterocycles. The highest BCUT2D eigenvalue weighted by Gasteiger charge is 2.57. The van der Waals surface area contributed by atoms with Crippen LogP contribution >= 0.6 is 0 Å². The second-order valence-electron chi connectivity index (χ2n) is 5.14. The average molecular weight is 190 g/mol. The molecule has 1 fully saturated rings. The zero-order chi connectivity index (χ0) is 10.4. The van der Waals surface area contributed by atoms with Crippen LogP contribution in [0.3, 0.4) is 0 Å². The van der Waals surface area contributed by atoms with Crippen LogP contribution in [0.5, 0.6) is 0 Å². The summed E-state index contributed by atoms with van der Waals surface area (Å²) in [5, 5.41) is 9.77. The lowest BCUT2D eigenvalue weighted by molar-refractivity contribution is -0.114. The monoisotopic (exact) mass is 190 g/mol. The van der Waals surface area contributed by atoms with Crippen molar-refractivity contribution in [3.8, 4) is 0 Å². The van der Waals surface area contributed by atoms with Crippen LogP contribution in [0.15, 0.2) is 30.3 Å². The van der Waals surface area contributed by atoms with Crippen LogP contribution in [-0.4, -0.2) is 11.2 Å². The molecule has 2 atom stereocenters. The summed E-state index contributed by atoms with van der Waals surface area (Å²) >= 11 is 0. The van der Waals surface area contributed by atoms with Crippen LogP contribution in [-0.2, 0) is 5.41 Å². The Morgan fingerprint density at radius 1 is 1.14 bits per heavy atom. The molecule has 1 aromatic carbocycles. The average Bonchev–Trinajstić information content (AvgIpc) is 2.19. The van der Waals surface area contributed by atoms with Crippen LogP contribution in [0.25, 0.3) is 0 Å². The Bertz CT molecular complexity index is 328. The number of aliphatic hydroxyl groups is 1. The summed E-state index contributed by atoms with van der Waals surface area (Å²) in [4.78, 5) is 0. The van der Waals surface area contributed by atoms with E-state index in [0.717, 1.165) is 6.42 Å². The van der Waals surface area contributed by atoms with Crippen molar-refractivity contribution >= 4 is 0 Å². The van der Waals surface area contributed by atoms with E-state index >= 15 is 0 Å². The van der Waals surface area contributed by atoms with Crippen molar-refractivity contribution in [2.45, 2.75) is 38.7 Å². The first-order chi connectivity index (χ1) is 6.48. The van der Waals surface area contributed by atoms with E-state index < -0.39 is 0 Å². The van der Waals surface area contributed by atoms with Crippen molar-refractivity contribution < 1.29 is 5.11 Å². The van der Waals surface area contributed by atoms with Gasteiger partial charge >= 0.3 is 0 Å². The maximum atomic E-state index is 9.77. The van der Waals surface area contributed by atoms with E-state index in [1.54, 1.807) is 0 Å². The Kier molecular flexibility index (Phi) is 1.97. The summed E-state index contributed by atoms with van der Waals surface area (Å²) in [6.45, 7) is 6.54. The van der Waals surface area contributed by atoms with Gasteiger partial charge in [0.25, 0.3) is 0 Å². The number of benzene rings is 1. The van der Waals surface area contributed by atoms with Gasteiger partial charge in [0.05, 0.1) is 6.10 Å². The van der Waals surface area contributed by atoms with E-state index in [1.807, 2.05) is 6.07 Å². The van der Waals surface area contributed by atoms with Gasteiger partial charge in [0.1, 0.15) is 0 Å². The van der Waals surface area contributed by atoms with Gasteiger partial charge in [0.2, 0.25) is 0 Å². The third-order valence-electron chi connectivity index (χ3n) is 4.27. The first kappa shape index (κ1) is 9.72. The van der Waals surface area contributed by atoms with Crippen molar-refractivity contribution in [3.63, 3.8) is 0 Å². The lowest BCUT2D eigenvalue weighted by Gasteiger charge is -2.58. The van der Waals surface area contributed by atoms with Crippen molar-refractivity contribution in [3.05, 3.63) is 35.9 Å². The van der Waals surface area contributed by atoms with E-state index in [9.17, 15) is 5.11 Å². The fourth-order valence-corrected chi connectivity index (χ4v) is 2.44. The summed E-state index contributed by atoms with van der Waals surface area (Å²) in [6.07, 6.45) is 0.719. The molecule has 0 aromatic heterocycles. The molecular formula is C13H18O. The number of hydrogen-bond donors (Lipinski definition) is 1. The van der Waals surface area contributed by atoms with Gasteiger partial charge < -0.3 is 5.11 Å². The molecule has 0 bridgehead atoms. The van der Waals surface area contributed by atoms with E-state index in [2.05, 4.69) is 45.0 Å². The van der Waals surface area contributed by atoms with Gasteiger partial charge in [-0.2, -0.15) is 0 Å². The zero-order valence-electron chi connectivity index (χ0n) is 9.12. The molecule has 1 N–H and O–H groups in total. The van der Waals surface area contributed by atoms with Crippen LogP contribution in [0.2, 0.25) is 0 Å². The fourth-order valence-electron chi connectivity index (χ4n) is 2.44. The number of aliphatic hydroxyl groups excluding tert-OH is 1. The normalized spacial score (nSPS) is 35.0. The third kappa shape index (κ3) is 1.05. The van der Waals surface area contributed by atoms with Crippen molar-refractivity contribution in [2.24, 2.45) is 5.41 Å². The highest BCUT2D eigenvalue weighted by atomic mass is 16.3. The molecule has 1 saturated carbocycles. The lowest BCUT2D eigenvalue weighted by Crippen LogP contribution is -2.59. The Morgan fingerprint density at radius 2 is 1.71 bits per heavy atom. The summed E-state index contributed by atoms with van der Waals surface area (Å²) < 4.78 is 0. The SMILES string of the molecule is CC1(C)[C@H](O)C[C@@]1(C)c1ccccc1. The van der Waals surface area contributed by atoms with Gasteiger partial charge in [-0.15, -0.1) is 0 Å². The third-order valence-corrected chi connectivity index (χ3v) is 4.27. The van der Waals surface area contributed by atoms with Gasteiger partial charge in [0, 0.05) is 10.8 Å². The molecule has 0 aliphatic heterocycles. The van der Waals surface area contributed by atoms with Crippen LogP contribution in [0.1, 0.15) is 32.8 Å². The van der Waals surface area contributed by atoms with Crippen LogP contribution < -0.4 is 0 Å². The molecule has 1 nitrogen and oxygen atoms in total. The predicted octanol–water partition coefficient (Wildman–Crippen LogP) is 2.74. The molecule has 1 aliphatic carbocycles. The molecule has 0 radical (unpaired) electrons. The topological polar surface area (TPSA) is 20.2 Å². The second-order valence-corrected chi connectivity index (χ2v) is 5.14. The van der Waals surface area contributed by atoms with Gasteiger partial charge in [-0.25, -0.2) is 0 Å². The Hall–Kier alpha value is -0.820. The van der Waals surface area contributed by atoms with Crippen LogP contribution in [0.4, 0.5) is 0 Å². The van der Waals surface area contributed by atoms with Gasteiger partial charge in [-0.05, 0) is 12.0 Å². The predicted molar refractivity (Wildman–Crippen MR) is 58.2 cm³/mol. The van der Waals surface area contributed by atoms with Crippen LogP contribution in [0, 0.1) is 5.41 Å². The summed E-state index contributed by atoms with van der Waals surface area (Å²) in [6, 6.07) is 10.5. The lowest BCUT2D eigenvalue weighted by atomic mass is 9.48. The Morgan fingerprint density at radius 3 is 2.14 bits per heavy atom. The number of rotatable bonds is 1. The van der Waals surface area contributed by atoms with Crippen molar-refractivity contribution in [1.29, 1.82) is 0 Å². The molecule has 0 spiro atoms. The summed E-state index contributed by atoms with van der Waals surface area (Å²) in [5.74, 6) is 0. The summed E-state index contributed by atoms with van der Waals surface area (Å²) in [7, 11) is 0. The first-order valence-electron chi connectivity index (χ1n) is 5.22. The first-order valence-corrected chi connectivity index (χ1v) is 5.22. The minimum absolute atomic E-state index is 0.00560. The molecule has 1 heteroatoms. The molecular weight excluding hydrogens is 172 g/mol. The number of hydrogen-bond acceptors (Lipinski definition) is 1. The molecule has 0 unspecified atom stereocenters. The Balaban J connectivity index is 2.37. The van der Waals surface area contributed by atoms with Crippen molar-refractivity contribution in [2.75, 3.05) is 0 Å². The molecule has 2 rings (SSSR count). The summed E-state index contributed by atoms with van der Waals surface area (Å²) in [5.41, 5.74) is 1.47. The largest absolute Gasteiger partial charge is 0.393 e. The smallest absolute Gasteiger partial charge is 0.0608 e. The van der Waals surface area contributed by atoms with E-state index in [0.29, 0.717) is 0 Å². The molecule has 1 aromatic rings. The van der Waals surface area contributed by atoms with Gasteiger partial charge in [0.15, 0.2) is 0 Å². The molecule has 1 aliphatic rings. The maximum Gasteiger partial charge on any atom is 0.0608 e. The van der Waals surface area contributed by atoms with Gasteiger partial charge in [-0.3, -0.25) is 0 Å². The molecule has 0 heterocycles. The highest BCUT2D eigenvalue weighted by molar-refractivity contribution is 5.32. The van der Waals surface area contributed by atoms with E-state index in [4.69, 9.17) is 0 Å². The van der Waals surface area contributed by atoms with E-state index in [1.165, 1.54) is 5.56 Å². The maximum absolute atomic E-state index is 9.77. The van der Waals surface area contributed by atoms with Crippen molar-refractivity contribution in [1.82, 2.24) is 0 Å². The van der Waals surface area contributed by atoms with Gasteiger partial charge in [-0.1, -0.05) is 51.1 Å². The zero-order valence-corrected chi connectivity index (χ0v) is 9.12. The standard InChI is InChI=1S/C13H18O/c1-12(2)11(14)9-13(12,3)10-7-5-4-6-8-10/h4-8,11,14H,9H2,1-3H3/t11-,13+/m1/s1. The van der Waals surface area contributed by atoms with E-state index in [-0.39, 0.29) is 16.9 Å². The molecule has 0 amide bonds.